The maximum Gasteiger partial charge on any atom is 2.00 e. The van der Waals surface area contributed by atoms with E-state index in [-0.39, 0.29) is 37.7 Å². The summed E-state index contributed by atoms with van der Waals surface area (Å²) in [4.78, 5) is 17.5. The quantitative estimate of drug-likeness (QED) is 0.396. The van der Waals surface area contributed by atoms with Crippen molar-refractivity contribution in [3.8, 4) is 0 Å². The normalized spacial score (nSPS) is 6.10. The van der Waals surface area contributed by atoms with Gasteiger partial charge >= 0.3 is 43.7 Å². The van der Waals surface area contributed by atoms with Crippen molar-refractivity contribution in [3.63, 3.8) is 0 Å². The summed E-state index contributed by atoms with van der Waals surface area (Å²) in [5.74, 6) is -1.19. The maximum atomic E-state index is 9.12. The molecule has 7 heteroatoms. The van der Waals surface area contributed by atoms with Gasteiger partial charge in [-0.3, -0.25) is 0 Å². The molecule has 0 aliphatic carbocycles. The molecule has 0 heterocycles. The van der Waals surface area contributed by atoms with Gasteiger partial charge in [-0.25, -0.2) is 4.79 Å². The van der Waals surface area contributed by atoms with Crippen LogP contribution in [-0.4, -0.2) is 66.7 Å². The molecule has 0 aliphatic rings. The molecular weight excluding hydrogens is 172 g/mol. The Hall–Kier alpha value is -0.0403. The van der Waals surface area contributed by atoms with E-state index in [1.54, 1.807) is 0 Å². The fraction of sp³-hybridized carbons (Fsp3) is 0.333. The van der Waals surface area contributed by atoms with E-state index >= 15 is 0 Å². The summed E-state index contributed by atoms with van der Waals surface area (Å²) in [6.07, 6.45) is -2.33. The number of rotatable bonds is 1. The summed E-state index contributed by atoms with van der Waals surface area (Å²) in [6.45, 7) is -0.778. The van der Waals surface area contributed by atoms with Crippen LogP contribution in [0.1, 0.15) is 0 Å². The summed E-state index contributed by atoms with van der Waals surface area (Å²) >= 11 is 0. The van der Waals surface area contributed by atoms with Gasteiger partial charge in [0.05, 0.1) is 0 Å². The van der Waals surface area contributed by atoms with E-state index in [4.69, 9.17) is 30.0 Å². The third-order valence-corrected chi connectivity index (χ3v) is 0.135. The molecule has 0 aromatic carbocycles. The summed E-state index contributed by atoms with van der Waals surface area (Å²) in [5, 5.41) is 31.7. The molecule has 6 nitrogen and oxygen atoms in total. The third kappa shape index (κ3) is 100. The Morgan fingerprint density at radius 1 is 1.30 bits per heavy atom. The van der Waals surface area contributed by atoms with Gasteiger partial charge in [0.25, 0.3) is 0 Å². The second-order valence-electron chi connectivity index (χ2n) is 0.802. The Bertz CT molecular complexity index is 97.2. The van der Waals surface area contributed by atoms with Gasteiger partial charge in [0.15, 0.2) is 0 Å². The van der Waals surface area contributed by atoms with Gasteiger partial charge in [-0.15, -0.1) is 0 Å². The molecule has 0 fully saturated rings. The predicted molar refractivity (Wildman–Crippen MR) is 25.9 cm³/mol. The molecule has 0 atom stereocenters. The molecule has 0 rings (SSSR count). The summed E-state index contributed by atoms with van der Waals surface area (Å²) in [7, 11) is 0. The van der Waals surface area contributed by atoms with Crippen molar-refractivity contribution in [1.29, 1.82) is 0 Å². The van der Waals surface area contributed by atoms with Gasteiger partial charge in [0.2, 0.25) is 0 Å². The zero-order valence-corrected chi connectivity index (χ0v) is 7.15. The number of hydrogen-bond donors (Lipinski definition) is 2. The Morgan fingerprint density at radius 3 is 1.40 bits per heavy atom. The Labute approximate surface area is 86.1 Å². The zero-order chi connectivity index (χ0) is 7.86. The van der Waals surface area contributed by atoms with Gasteiger partial charge in [-0.2, -0.15) is 0 Å². The van der Waals surface area contributed by atoms with Crippen LogP contribution in [0.2, 0.25) is 0 Å². The standard InChI is InChI=1S/C2H4O3.CH2O3.Ca/c3-1-2(4)5;2-1(3)4;/h3H,1H2,(H,4,5);(H2,2,3,4);/q;;+2/p-2. The number of carboxylic acid groups (broad SMARTS) is 3. The second kappa shape index (κ2) is 11.7. The van der Waals surface area contributed by atoms with Crippen LogP contribution >= 0.6 is 0 Å². The first-order valence-electron chi connectivity index (χ1n) is 1.71. The zero-order valence-electron chi connectivity index (χ0n) is 4.94. The second-order valence-corrected chi connectivity index (χ2v) is 0.802. The number of carboxylic acids is 1. The van der Waals surface area contributed by atoms with Crippen LogP contribution in [0.4, 0.5) is 4.79 Å². The molecule has 0 unspecified atom stereocenters. The van der Waals surface area contributed by atoms with Crippen molar-refractivity contribution in [3.05, 3.63) is 0 Å². The number of aliphatic carboxylic acids is 1. The first kappa shape index (κ1) is 16.5. The van der Waals surface area contributed by atoms with Crippen LogP contribution in [0.15, 0.2) is 0 Å². The van der Waals surface area contributed by atoms with Gasteiger partial charge in [-0.05, 0) is 6.16 Å². The van der Waals surface area contributed by atoms with E-state index in [9.17, 15) is 0 Å². The monoisotopic (exact) mass is 176 g/mol. The van der Waals surface area contributed by atoms with E-state index in [1.165, 1.54) is 0 Å². The smallest absolute Gasteiger partial charge is 0.652 e. The molecule has 0 aromatic heterocycles. The van der Waals surface area contributed by atoms with Gasteiger partial charge in [-0.1, -0.05) is 0 Å². The van der Waals surface area contributed by atoms with Crippen molar-refractivity contribution >= 4 is 49.9 Å². The molecular formula is C3H4CaO6. The Morgan fingerprint density at radius 2 is 1.40 bits per heavy atom. The number of carbonyl (C=O) groups is 2. The molecule has 0 bridgehead atoms. The molecule has 0 amide bonds. The van der Waals surface area contributed by atoms with Crippen LogP contribution in [0, 0.1) is 0 Å². The van der Waals surface area contributed by atoms with Crippen molar-refractivity contribution < 1.29 is 30.0 Å². The SMILES string of the molecule is O=C(O)CO.O=C([O-])[O-].[Ca+2]. The van der Waals surface area contributed by atoms with E-state index < -0.39 is 18.7 Å². The number of carbonyl (C=O) groups excluding carboxylic acids is 1. The summed E-state index contributed by atoms with van der Waals surface area (Å²) in [5.41, 5.74) is 0. The average Bonchev–Trinajstić information content (AvgIpc) is 1.65. The van der Waals surface area contributed by atoms with Crippen LogP contribution < -0.4 is 10.2 Å². The van der Waals surface area contributed by atoms with E-state index in [0.29, 0.717) is 0 Å². The van der Waals surface area contributed by atoms with Gasteiger partial charge in [0.1, 0.15) is 6.61 Å². The minimum absolute atomic E-state index is 0. The van der Waals surface area contributed by atoms with Crippen LogP contribution in [0.5, 0.6) is 0 Å². The van der Waals surface area contributed by atoms with Crippen molar-refractivity contribution in [2.45, 2.75) is 0 Å². The van der Waals surface area contributed by atoms with Gasteiger partial charge in [0, 0.05) is 0 Å². The Kier molecular flexibility index (Phi) is 19.3. The van der Waals surface area contributed by atoms with Crippen LogP contribution in [-0.2, 0) is 4.79 Å². The molecule has 2 N–H and O–H groups in total. The summed E-state index contributed by atoms with van der Waals surface area (Å²) < 4.78 is 0. The molecule has 0 aliphatic heterocycles. The molecule has 0 radical (unpaired) electrons. The van der Waals surface area contributed by atoms with Crippen molar-refractivity contribution in [2.24, 2.45) is 0 Å². The molecule has 0 spiro atoms. The fourth-order valence-corrected chi connectivity index (χ4v) is 0. The largest absolute Gasteiger partial charge is 2.00 e. The minimum Gasteiger partial charge on any atom is -0.652 e. The third-order valence-electron chi connectivity index (χ3n) is 0.135. The topological polar surface area (TPSA) is 121 Å². The Balaban J connectivity index is -0.0000000910. The van der Waals surface area contributed by atoms with Crippen LogP contribution in [0.25, 0.3) is 0 Å². The molecule has 0 saturated carbocycles. The first-order chi connectivity index (χ1) is 4.00. The molecule has 54 valence electrons. The average molecular weight is 176 g/mol. The molecule has 0 saturated heterocycles. The summed E-state index contributed by atoms with van der Waals surface area (Å²) in [6, 6.07) is 0. The van der Waals surface area contributed by atoms with Crippen molar-refractivity contribution in [1.82, 2.24) is 0 Å². The fourth-order valence-electron chi connectivity index (χ4n) is 0. The maximum absolute atomic E-state index is 9.12. The number of aliphatic hydroxyl groups is 1. The van der Waals surface area contributed by atoms with Gasteiger partial charge < -0.3 is 25.2 Å². The van der Waals surface area contributed by atoms with Crippen molar-refractivity contribution in [2.75, 3.05) is 6.61 Å². The van der Waals surface area contributed by atoms with E-state index in [1.807, 2.05) is 0 Å². The molecule has 10 heavy (non-hydrogen) atoms. The minimum atomic E-state index is -2.33. The number of hydrogen-bond acceptors (Lipinski definition) is 5. The first-order valence-corrected chi connectivity index (χ1v) is 1.71. The van der Waals surface area contributed by atoms with E-state index in [0.717, 1.165) is 0 Å². The van der Waals surface area contributed by atoms with E-state index in [2.05, 4.69) is 0 Å². The predicted octanol–water partition coefficient (Wildman–Crippen LogP) is -3.76. The molecule has 0 aromatic rings. The van der Waals surface area contributed by atoms with Crippen LogP contribution in [0.3, 0.4) is 0 Å². The number of aliphatic hydroxyl groups excluding tert-OH is 1.